The lowest BCUT2D eigenvalue weighted by Gasteiger charge is -2.29. The molecule has 0 spiro atoms. The molecule has 3 N–H and O–H groups in total. The van der Waals surface area contributed by atoms with E-state index in [1.54, 1.807) is 0 Å². The zero-order valence-electron chi connectivity index (χ0n) is 14.0. The van der Waals surface area contributed by atoms with Crippen LogP contribution in [0.2, 0.25) is 0 Å². The highest BCUT2D eigenvalue weighted by molar-refractivity contribution is 5.85. The lowest BCUT2D eigenvalue weighted by molar-refractivity contribution is 0.0438. The van der Waals surface area contributed by atoms with Crippen molar-refractivity contribution in [2.45, 2.75) is 44.8 Å². The van der Waals surface area contributed by atoms with Gasteiger partial charge in [0.1, 0.15) is 0 Å². The molecule has 1 aromatic rings. The van der Waals surface area contributed by atoms with Gasteiger partial charge >= 0.3 is 0 Å². The zero-order chi connectivity index (χ0) is 15.6. The van der Waals surface area contributed by atoms with Gasteiger partial charge in [0.25, 0.3) is 0 Å². The molecule has 0 radical (unpaired) electrons. The predicted octanol–water partition coefficient (Wildman–Crippen LogP) is 2.11. The first kappa shape index (κ1) is 21.5. The maximum atomic E-state index is 9.95. The van der Waals surface area contributed by atoms with Crippen LogP contribution in [0.25, 0.3) is 0 Å². The molecule has 0 aliphatic heterocycles. The number of aliphatic hydroxyl groups excluding tert-OH is 2. The molecule has 3 atom stereocenters. The van der Waals surface area contributed by atoms with E-state index in [9.17, 15) is 10.2 Å². The molecule has 138 valence electrons. The van der Waals surface area contributed by atoms with E-state index in [1.165, 1.54) is 12.8 Å². The third-order valence-corrected chi connectivity index (χ3v) is 4.75. The lowest BCUT2D eigenvalue weighted by atomic mass is 9.86. The quantitative estimate of drug-likeness (QED) is 0.677. The Morgan fingerprint density at radius 3 is 2.46 bits per heavy atom. The average molecular weight is 379 g/mol. The van der Waals surface area contributed by atoms with Gasteiger partial charge in [0.15, 0.2) is 0 Å². The number of rotatable bonds is 7. The van der Waals surface area contributed by atoms with E-state index in [0.29, 0.717) is 25.3 Å². The van der Waals surface area contributed by atoms with Gasteiger partial charge < -0.3 is 20.3 Å². The summed E-state index contributed by atoms with van der Waals surface area (Å²) >= 11 is 0. The third-order valence-electron chi connectivity index (χ3n) is 4.75. The van der Waals surface area contributed by atoms with Crippen LogP contribution in [-0.4, -0.2) is 47.1 Å². The molecular weight excluding hydrogens is 351 g/mol. The minimum absolute atomic E-state index is 0. The molecule has 2 saturated carbocycles. The number of ether oxygens (including phenoxy) is 1. The molecule has 0 saturated heterocycles. The number of halogens is 2. The lowest BCUT2D eigenvalue weighted by Crippen LogP contribution is -2.39. The maximum Gasteiger partial charge on any atom is 0.213 e. The fraction of sp³-hybridized carbons (Fsp3) is 0.706. The molecule has 1 aromatic heterocycles. The van der Waals surface area contributed by atoms with Crippen molar-refractivity contribution in [3.8, 4) is 5.88 Å². The highest BCUT2D eigenvalue weighted by Crippen LogP contribution is 2.39. The first-order valence-corrected chi connectivity index (χ1v) is 8.20. The maximum absolute atomic E-state index is 9.95. The summed E-state index contributed by atoms with van der Waals surface area (Å²) in [5, 5.41) is 23.4. The third kappa shape index (κ3) is 5.74. The van der Waals surface area contributed by atoms with E-state index in [0.717, 1.165) is 24.7 Å². The van der Waals surface area contributed by atoms with Crippen molar-refractivity contribution in [2.24, 2.45) is 11.3 Å². The second-order valence-electron chi connectivity index (χ2n) is 7.02. The van der Waals surface area contributed by atoms with Gasteiger partial charge in [-0.05, 0) is 51.1 Å². The van der Waals surface area contributed by atoms with E-state index in [1.807, 2.05) is 25.1 Å². The molecule has 3 rings (SSSR count). The van der Waals surface area contributed by atoms with Crippen molar-refractivity contribution in [3.63, 3.8) is 0 Å². The molecule has 7 heteroatoms. The SMILES string of the molecule is Cc1cccc(OCC2(CNCC3CC3)C[C@@H](O)[C@@H](O)C2)n1.Cl.Cl. The van der Waals surface area contributed by atoms with Crippen LogP contribution in [0.5, 0.6) is 5.88 Å². The summed E-state index contributed by atoms with van der Waals surface area (Å²) in [6, 6.07) is 5.71. The fourth-order valence-corrected chi connectivity index (χ4v) is 3.24. The van der Waals surface area contributed by atoms with E-state index < -0.39 is 12.2 Å². The van der Waals surface area contributed by atoms with Crippen molar-refractivity contribution in [2.75, 3.05) is 19.7 Å². The van der Waals surface area contributed by atoms with Crippen LogP contribution in [0.1, 0.15) is 31.4 Å². The normalized spacial score (nSPS) is 28.8. The van der Waals surface area contributed by atoms with Crippen molar-refractivity contribution < 1.29 is 14.9 Å². The van der Waals surface area contributed by atoms with Crippen LogP contribution >= 0.6 is 24.8 Å². The smallest absolute Gasteiger partial charge is 0.213 e. The van der Waals surface area contributed by atoms with Gasteiger partial charge in [0.2, 0.25) is 5.88 Å². The number of pyridine rings is 1. The minimum Gasteiger partial charge on any atom is -0.477 e. The van der Waals surface area contributed by atoms with Gasteiger partial charge in [-0.3, -0.25) is 0 Å². The Morgan fingerprint density at radius 2 is 1.88 bits per heavy atom. The summed E-state index contributed by atoms with van der Waals surface area (Å²) in [6.45, 7) is 4.19. The molecule has 0 aromatic carbocycles. The largest absolute Gasteiger partial charge is 0.477 e. The number of aromatic nitrogens is 1. The topological polar surface area (TPSA) is 74.6 Å². The van der Waals surface area contributed by atoms with Crippen LogP contribution in [0, 0.1) is 18.3 Å². The average Bonchev–Trinajstić information content (AvgIpc) is 3.24. The van der Waals surface area contributed by atoms with Crippen molar-refractivity contribution in [1.29, 1.82) is 0 Å². The Labute approximate surface area is 156 Å². The minimum atomic E-state index is -0.656. The van der Waals surface area contributed by atoms with Crippen LogP contribution in [-0.2, 0) is 0 Å². The first-order valence-electron chi connectivity index (χ1n) is 8.20. The molecule has 0 amide bonds. The molecule has 1 unspecified atom stereocenters. The standard InChI is InChI=1S/C17H26N2O3.2ClH/c1-12-3-2-4-16(19-12)22-11-17(7-14(20)15(21)8-17)10-18-9-13-5-6-13;;/h2-4,13-15,18,20-21H,5-11H2,1H3;2*1H/t14-,15+,17?;;. The van der Waals surface area contributed by atoms with E-state index in [2.05, 4.69) is 10.3 Å². The molecule has 2 aliphatic carbocycles. The molecule has 5 nitrogen and oxygen atoms in total. The van der Waals surface area contributed by atoms with Crippen LogP contribution in [0.15, 0.2) is 18.2 Å². The van der Waals surface area contributed by atoms with Gasteiger partial charge in [-0.25, -0.2) is 4.98 Å². The van der Waals surface area contributed by atoms with Crippen molar-refractivity contribution >= 4 is 24.8 Å². The second-order valence-corrected chi connectivity index (χ2v) is 7.02. The predicted molar refractivity (Wildman–Crippen MR) is 98.2 cm³/mol. The number of aryl methyl sites for hydroxylation is 1. The summed E-state index contributed by atoms with van der Waals surface area (Å²) < 4.78 is 5.87. The number of nitrogens with zero attached hydrogens (tertiary/aromatic N) is 1. The van der Waals surface area contributed by atoms with Gasteiger partial charge in [0, 0.05) is 23.7 Å². The summed E-state index contributed by atoms with van der Waals surface area (Å²) in [6.07, 6.45) is 2.45. The highest BCUT2D eigenvalue weighted by Gasteiger charge is 2.44. The van der Waals surface area contributed by atoms with Gasteiger partial charge in [-0.1, -0.05) is 6.07 Å². The second kappa shape index (κ2) is 9.20. The fourth-order valence-electron chi connectivity index (χ4n) is 3.24. The Hall–Kier alpha value is -0.590. The first-order chi connectivity index (χ1) is 10.6. The molecule has 24 heavy (non-hydrogen) atoms. The highest BCUT2D eigenvalue weighted by atomic mass is 35.5. The molecule has 0 bridgehead atoms. The number of aliphatic hydroxyl groups is 2. The number of nitrogens with one attached hydrogen (secondary N) is 1. The summed E-state index contributed by atoms with van der Waals surface area (Å²) in [4.78, 5) is 4.35. The molecule has 2 aliphatic rings. The molecule has 1 heterocycles. The zero-order valence-corrected chi connectivity index (χ0v) is 15.6. The Morgan fingerprint density at radius 1 is 1.21 bits per heavy atom. The Bertz CT molecular complexity index is 504. The summed E-state index contributed by atoms with van der Waals surface area (Å²) in [7, 11) is 0. The summed E-state index contributed by atoms with van der Waals surface area (Å²) in [5.41, 5.74) is 0.698. The van der Waals surface area contributed by atoms with E-state index in [4.69, 9.17) is 4.74 Å². The van der Waals surface area contributed by atoms with Crippen molar-refractivity contribution in [1.82, 2.24) is 10.3 Å². The number of hydrogen-bond donors (Lipinski definition) is 3. The van der Waals surface area contributed by atoms with Crippen LogP contribution in [0.4, 0.5) is 0 Å². The molecular formula is C17H28Cl2N2O3. The van der Waals surface area contributed by atoms with E-state index in [-0.39, 0.29) is 30.2 Å². The Balaban J connectivity index is 0.00000144. The monoisotopic (exact) mass is 378 g/mol. The number of hydrogen-bond acceptors (Lipinski definition) is 5. The van der Waals surface area contributed by atoms with Crippen LogP contribution in [0.3, 0.4) is 0 Å². The van der Waals surface area contributed by atoms with Gasteiger partial charge in [-0.15, -0.1) is 24.8 Å². The van der Waals surface area contributed by atoms with Crippen LogP contribution < -0.4 is 10.1 Å². The van der Waals surface area contributed by atoms with E-state index >= 15 is 0 Å². The summed E-state index contributed by atoms with van der Waals surface area (Å²) in [5.74, 6) is 1.42. The van der Waals surface area contributed by atoms with Crippen molar-refractivity contribution in [3.05, 3.63) is 23.9 Å². The Kier molecular flexibility index (Phi) is 8.23. The molecule has 2 fully saturated rings. The van der Waals surface area contributed by atoms with Gasteiger partial charge in [-0.2, -0.15) is 0 Å². The van der Waals surface area contributed by atoms with Gasteiger partial charge in [0.05, 0.1) is 18.8 Å².